The van der Waals surface area contributed by atoms with E-state index in [1.165, 1.54) is 17.0 Å². The van der Waals surface area contributed by atoms with Crippen molar-refractivity contribution < 1.29 is 22.7 Å². The van der Waals surface area contributed by atoms with E-state index in [4.69, 9.17) is 4.74 Å². The fraction of sp³-hybridized carbons (Fsp3) is 0.310. The Morgan fingerprint density at radius 3 is 2.05 bits per heavy atom. The highest BCUT2D eigenvalue weighted by Gasteiger charge is 2.32. The Bertz CT molecular complexity index is 1380. The Labute approximate surface area is 239 Å². The molecule has 39 heavy (non-hydrogen) atoms. The van der Waals surface area contributed by atoms with Gasteiger partial charge in [-0.2, -0.15) is 0 Å². The van der Waals surface area contributed by atoms with Gasteiger partial charge >= 0.3 is 0 Å². The van der Waals surface area contributed by atoms with Crippen molar-refractivity contribution in [3.8, 4) is 5.75 Å². The summed E-state index contributed by atoms with van der Waals surface area (Å²) in [7, 11) is -2.54. The van der Waals surface area contributed by atoms with Crippen LogP contribution in [-0.4, -0.2) is 50.9 Å². The van der Waals surface area contributed by atoms with Crippen LogP contribution in [0.3, 0.4) is 0 Å². The maximum Gasteiger partial charge on any atom is 0.264 e. The number of anilines is 1. The average molecular weight is 617 g/mol. The molecule has 0 aliphatic rings. The minimum atomic E-state index is -4.11. The Balaban J connectivity index is 2.01. The van der Waals surface area contributed by atoms with E-state index in [1.807, 2.05) is 32.9 Å². The third-order valence-corrected chi connectivity index (χ3v) is 8.43. The summed E-state index contributed by atoms with van der Waals surface area (Å²) in [5.41, 5.74) is 2.01. The molecule has 0 heterocycles. The second-order valence-corrected chi connectivity index (χ2v) is 12.3. The first-order valence-electron chi connectivity index (χ1n) is 12.5. The summed E-state index contributed by atoms with van der Waals surface area (Å²) in [6.07, 6.45) is 0. The molecule has 0 unspecified atom stereocenters. The van der Waals surface area contributed by atoms with Gasteiger partial charge in [-0.3, -0.25) is 13.9 Å². The van der Waals surface area contributed by atoms with E-state index in [0.29, 0.717) is 11.4 Å². The number of hydrogen-bond acceptors (Lipinski definition) is 5. The molecule has 208 valence electrons. The first kappa shape index (κ1) is 30.2. The number of amides is 2. The minimum absolute atomic E-state index is 0.0659. The molecule has 0 bridgehead atoms. The predicted octanol–water partition coefficient (Wildman–Crippen LogP) is 4.90. The standard InChI is InChI=1S/C29H34BrN3O5S/c1-20(2)31-29(35)22(4)32(18-23-8-14-26(38-5)15-9-23)28(34)19-33(25-12-10-24(30)11-13-25)39(36,37)27-16-6-21(3)7-17-27/h6-17,20,22H,18-19H2,1-5H3,(H,31,35)/t22-/m0/s1. The fourth-order valence-electron chi connectivity index (χ4n) is 3.89. The zero-order valence-electron chi connectivity index (χ0n) is 22.7. The van der Waals surface area contributed by atoms with Crippen LogP contribution in [0.15, 0.2) is 82.2 Å². The summed E-state index contributed by atoms with van der Waals surface area (Å²) < 4.78 is 34.7. The molecule has 0 fully saturated rings. The maximum absolute atomic E-state index is 13.9. The molecule has 1 N–H and O–H groups in total. The monoisotopic (exact) mass is 615 g/mol. The smallest absolute Gasteiger partial charge is 0.264 e. The molecule has 10 heteroatoms. The number of carbonyl (C=O) groups is 2. The van der Waals surface area contributed by atoms with Crippen molar-refractivity contribution in [3.05, 3.63) is 88.4 Å². The molecule has 0 aliphatic carbocycles. The number of carbonyl (C=O) groups excluding carboxylic acids is 2. The molecule has 0 spiro atoms. The molecule has 0 saturated carbocycles. The number of halogens is 1. The van der Waals surface area contributed by atoms with Crippen molar-refractivity contribution in [1.82, 2.24) is 10.2 Å². The van der Waals surface area contributed by atoms with E-state index in [9.17, 15) is 18.0 Å². The van der Waals surface area contributed by atoms with Crippen LogP contribution >= 0.6 is 15.9 Å². The number of sulfonamides is 1. The topological polar surface area (TPSA) is 96.0 Å². The highest BCUT2D eigenvalue weighted by molar-refractivity contribution is 9.10. The highest BCUT2D eigenvalue weighted by atomic mass is 79.9. The van der Waals surface area contributed by atoms with Crippen molar-refractivity contribution in [2.45, 2.75) is 51.2 Å². The number of ether oxygens (including phenoxy) is 1. The molecule has 3 rings (SSSR count). The number of benzene rings is 3. The van der Waals surface area contributed by atoms with E-state index in [0.717, 1.165) is 19.9 Å². The highest BCUT2D eigenvalue weighted by Crippen LogP contribution is 2.26. The molecule has 0 saturated heterocycles. The van der Waals surface area contributed by atoms with Crippen LogP contribution in [0.2, 0.25) is 0 Å². The lowest BCUT2D eigenvalue weighted by Gasteiger charge is -2.32. The lowest BCUT2D eigenvalue weighted by Crippen LogP contribution is -2.52. The van der Waals surface area contributed by atoms with E-state index in [2.05, 4.69) is 21.2 Å². The number of hydrogen-bond donors (Lipinski definition) is 1. The van der Waals surface area contributed by atoms with Gasteiger partial charge in [0.05, 0.1) is 17.7 Å². The first-order valence-corrected chi connectivity index (χ1v) is 14.7. The van der Waals surface area contributed by atoms with Crippen LogP contribution in [0.25, 0.3) is 0 Å². The Kier molecular flexibility index (Phi) is 10.2. The molecule has 0 aromatic heterocycles. The maximum atomic E-state index is 13.9. The predicted molar refractivity (Wildman–Crippen MR) is 156 cm³/mol. The molecule has 0 aliphatic heterocycles. The summed E-state index contributed by atoms with van der Waals surface area (Å²) in [6.45, 7) is 6.79. The molecular formula is C29H34BrN3O5S. The van der Waals surface area contributed by atoms with E-state index in [1.54, 1.807) is 62.6 Å². The lowest BCUT2D eigenvalue weighted by molar-refractivity contribution is -0.139. The van der Waals surface area contributed by atoms with Crippen LogP contribution in [0.5, 0.6) is 5.75 Å². The number of aryl methyl sites for hydroxylation is 1. The van der Waals surface area contributed by atoms with Gasteiger partial charge in [0.2, 0.25) is 11.8 Å². The van der Waals surface area contributed by atoms with Gasteiger partial charge in [-0.25, -0.2) is 8.42 Å². The van der Waals surface area contributed by atoms with Gasteiger partial charge in [0, 0.05) is 17.1 Å². The van der Waals surface area contributed by atoms with Gasteiger partial charge in [0.15, 0.2) is 0 Å². The second-order valence-electron chi connectivity index (χ2n) is 9.51. The molecule has 3 aromatic rings. The molecule has 3 aromatic carbocycles. The van der Waals surface area contributed by atoms with Crippen LogP contribution < -0.4 is 14.4 Å². The number of methoxy groups -OCH3 is 1. The van der Waals surface area contributed by atoms with Gasteiger partial charge in [0.25, 0.3) is 10.0 Å². The Hall–Kier alpha value is -3.37. The normalized spacial score (nSPS) is 12.1. The lowest BCUT2D eigenvalue weighted by atomic mass is 10.1. The fourth-order valence-corrected chi connectivity index (χ4v) is 5.57. The minimum Gasteiger partial charge on any atom is -0.497 e. The summed E-state index contributed by atoms with van der Waals surface area (Å²) in [6, 6.07) is 19.3. The molecule has 2 amide bonds. The van der Waals surface area contributed by atoms with Gasteiger partial charge in [-0.15, -0.1) is 0 Å². The molecule has 1 atom stereocenters. The van der Waals surface area contributed by atoms with Gasteiger partial charge in [-0.1, -0.05) is 45.8 Å². The van der Waals surface area contributed by atoms with E-state index in [-0.39, 0.29) is 23.4 Å². The van der Waals surface area contributed by atoms with Crippen LogP contribution in [0, 0.1) is 6.92 Å². The van der Waals surface area contributed by atoms with Crippen molar-refractivity contribution in [2.75, 3.05) is 18.0 Å². The molecular weight excluding hydrogens is 582 g/mol. The number of rotatable bonds is 11. The summed E-state index contributed by atoms with van der Waals surface area (Å²) in [5.74, 6) is -0.188. The second kappa shape index (κ2) is 13.1. The first-order chi connectivity index (χ1) is 18.4. The summed E-state index contributed by atoms with van der Waals surface area (Å²) in [4.78, 5) is 28.3. The number of nitrogens with zero attached hydrogens (tertiary/aromatic N) is 2. The van der Waals surface area contributed by atoms with Crippen LogP contribution in [0.4, 0.5) is 5.69 Å². The van der Waals surface area contributed by atoms with Gasteiger partial charge in [0.1, 0.15) is 18.3 Å². The van der Waals surface area contributed by atoms with Crippen LogP contribution in [-0.2, 0) is 26.2 Å². The van der Waals surface area contributed by atoms with Crippen LogP contribution in [0.1, 0.15) is 31.9 Å². The molecule has 8 nitrogen and oxygen atoms in total. The third-order valence-electron chi connectivity index (χ3n) is 6.11. The number of nitrogens with one attached hydrogen (secondary N) is 1. The molecule has 0 radical (unpaired) electrons. The van der Waals surface area contributed by atoms with Crippen molar-refractivity contribution in [2.24, 2.45) is 0 Å². The largest absolute Gasteiger partial charge is 0.497 e. The average Bonchev–Trinajstić information content (AvgIpc) is 2.90. The van der Waals surface area contributed by atoms with Gasteiger partial charge in [-0.05, 0) is 81.8 Å². The summed E-state index contributed by atoms with van der Waals surface area (Å²) >= 11 is 3.38. The SMILES string of the molecule is COc1ccc(CN(C(=O)CN(c2ccc(Br)cc2)S(=O)(=O)c2ccc(C)cc2)[C@@H](C)C(=O)NC(C)C)cc1. The zero-order valence-corrected chi connectivity index (χ0v) is 25.1. The van der Waals surface area contributed by atoms with Crippen molar-refractivity contribution in [3.63, 3.8) is 0 Å². The van der Waals surface area contributed by atoms with Gasteiger partial charge < -0.3 is 15.0 Å². The quantitative estimate of drug-likeness (QED) is 0.331. The summed E-state index contributed by atoms with van der Waals surface area (Å²) in [5, 5.41) is 2.84. The van der Waals surface area contributed by atoms with Crippen molar-refractivity contribution >= 4 is 43.5 Å². The zero-order chi connectivity index (χ0) is 28.7. The van der Waals surface area contributed by atoms with E-state index >= 15 is 0 Å². The van der Waals surface area contributed by atoms with E-state index < -0.39 is 28.5 Å². The third kappa shape index (κ3) is 7.83. The Morgan fingerprint density at radius 2 is 1.51 bits per heavy atom. The Morgan fingerprint density at radius 1 is 0.923 bits per heavy atom. The van der Waals surface area contributed by atoms with Crippen molar-refractivity contribution in [1.29, 1.82) is 0 Å².